The Hall–Kier alpha value is -0.650. The van der Waals surface area contributed by atoms with E-state index in [1.54, 1.807) is 0 Å². The van der Waals surface area contributed by atoms with E-state index in [0.717, 1.165) is 39.1 Å². The van der Waals surface area contributed by atoms with E-state index in [-0.39, 0.29) is 17.4 Å². The number of nitrogens with one attached hydrogen (secondary N) is 1. The van der Waals surface area contributed by atoms with Gasteiger partial charge in [-0.3, -0.25) is 9.69 Å². The number of morpholine rings is 1. The van der Waals surface area contributed by atoms with E-state index in [1.807, 2.05) is 0 Å². The van der Waals surface area contributed by atoms with Crippen LogP contribution in [0.1, 0.15) is 26.7 Å². The molecule has 0 bridgehead atoms. The van der Waals surface area contributed by atoms with Crippen LogP contribution in [0.15, 0.2) is 0 Å². The van der Waals surface area contributed by atoms with Gasteiger partial charge in [-0.2, -0.15) is 0 Å². The van der Waals surface area contributed by atoms with Crippen molar-refractivity contribution in [2.24, 2.45) is 17.1 Å². The number of amides is 1. The molecule has 0 radical (unpaired) electrons. The molecule has 0 aromatic carbocycles. The number of hydrogen-bond acceptors (Lipinski definition) is 4. The van der Waals surface area contributed by atoms with Crippen molar-refractivity contribution in [3.8, 4) is 0 Å². The van der Waals surface area contributed by atoms with Crippen LogP contribution < -0.4 is 11.1 Å². The molecule has 0 aromatic heterocycles. The molecule has 110 valence electrons. The van der Waals surface area contributed by atoms with E-state index in [1.165, 1.54) is 0 Å². The predicted octanol–water partition coefficient (Wildman–Crippen LogP) is 0.198. The van der Waals surface area contributed by atoms with Crippen molar-refractivity contribution in [3.63, 3.8) is 0 Å². The van der Waals surface area contributed by atoms with Gasteiger partial charge in [0.05, 0.1) is 18.1 Å². The van der Waals surface area contributed by atoms with Crippen molar-refractivity contribution in [1.82, 2.24) is 10.2 Å². The Kier molecular flexibility index (Phi) is 4.81. The van der Waals surface area contributed by atoms with Crippen molar-refractivity contribution in [3.05, 3.63) is 0 Å². The first-order valence-corrected chi connectivity index (χ1v) is 7.42. The van der Waals surface area contributed by atoms with E-state index in [0.29, 0.717) is 19.0 Å². The molecule has 1 saturated carbocycles. The molecule has 1 unspecified atom stereocenters. The maximum absolute atomic E-state index is 12.3. The van der Waals surface area contributed by atoms with Gasteiger partial charge in [-0.15, -0.1) is 0 Å². The normalized spacial score (nSPS) is 35.7. The Labute approximate surface area is 115 Å². The van der Waals surface area contributed by atoms with E-state index < -0.39 is 0 Å². The second-order valence-corrected chi connectivity index (χ2v) is 6.09. The first kappa shape index (κ1) is 14.8. The molecular formula is C14H27N3O2. The highest BCUT2D eigenvalue weighted by Crippen LogP contribution is 2.44. The van der Waals surface area contributed by atoms with Gasteiger partial charge in [-0.1, -0.05) is 13.8 Å². The van der Waals surface area contributed by atoms with E-state index in [9.17, 15) is 4.79 Å². The van der Waals surface area contributed by atoms with Crippen LogP contribution in [0.25, 0.3) is 0 Å². The molecule has 2 rings (SSSR count). The molecule has 1 amide bonds. The lowest BCUT2D eigenvalue weighted by Gasteiger charge is -2.44. The lowest BCUT2D eigenvalue weighted by Crippen LogP contribution is -2.55. The smallest absolute Gasteiger partial charge is 0.227 e. The molecule has 5 nitrogen and oxygen atoms in total. The first-order chi connectivity index (χ1) is 9.09. The zero-order chi connectivity index (χ0) is 13.9. The van der Waals surface area contributed by atoms with Crippen molar-refractivity contribution in [1.29, 1.82) is 0 Å². The molecular weight excluding hydrogens is 242 g/mol. The minimum absolute atomic E-state index is 0.116. The van der Waals surface area contributed by atoms with Crippen LogP contribution in [0.3, 0.4) is 0 Å². The summed E-state index contributed by atoms with van der Waals surface area (Å²) in [7, 11) is 0. The number of carbonyl (C=O) groups excluding carboxylic acids is 1. The summed E-state index contributed by atoms with van der Waals surface area (Å²) < 4.78 is 5.69. The van der Waals surface area contributed by atoms with Gasteiger partial charge in [-0.05, 0) is 25.3 Å². The third-order valence-electron chi connectivity index (χ3n) is 4.51. The highest BCUT2D eigenvalue weighted by atomic mass is 16.5. The lowest BCUT2D eigenvalue weighted by molar-refractivity contribution is -0.139. The zero-order valence-corrected chi connectivity index (χ0v) is 12.2. The quantitative estimate of drug-likeness (QED) is 0.748. The summed E-state index contributed by atoms with van der Waals surface area (Å²) in [6.07, 6.45) is 1.95. The average molecular weight is 269 g/mol. The molecule has 2 fully saturated rings. The second-order valence-electron chi connectivity index (χ2n) is 6.09. The average Bonchev–Trinajstić information content (AvgIpc) is 2.41. The predicted molar refractivity (Wildman–Crippen MR) is 74.7 cm³/mol. The highest BCUT2D eigenvalue weighted by Gasteiger charge is 2.47. The third kappa shape index (κ3) is 3.27. The maximum atomic E-state index is 12.3. The van der Waals surface area contributed by atoms with E-state index in [2.05, 4.69) is 24.1 Å². The standard InChI is InChI=1S/C14H27N3O2/c1-3-17-4-5-19-12(9-17)8-16-13(18)14(10-15)6-11(2)7-14/h11-12H,3-10,15H2,1-2H3,(H,16,18). The molecule has 1 aliphatic carbocycles. The Morgan fingerprint density at radius 3 is 2.84 bits per heavy atom. The second kappa shape index (κ2) is 6.20. The molecule has 3 N–H and O–H groups in total. The summed E-state index contributed by atoms with van der Waals surface area (Å²) >= 11 is 0. The number of ether oxygens (including phenoxy) is 1. The van der Waals surface area contributed by atoms with Gasteiger partial charge in [0, 0.05) is 26.2 Å². The van der Waals surface area contributed by atoms with Gasteiger partial charge in [0.1, 0.15) is 0 Å². The molecule has 1 saturated heterocycles. The molecule has 1 atom stereocenters. The summed E-state index contributed by atoms with van der Waals surface area (Å²) in [6, 6.07) is 0. The van der Waals surface area contributed by atoms with E-state index in [4.69, 9.17) is 10.5 Å². The van der Waals surface area contributed by atoms with Crippen LogP contribution in [-0.4, -0.2) is 56.2 Å². The molecule has 5 heteroatoms. The van der Waals surface area contributed by atoms with Gasteiger partial charge >= 0.3 is 0 Å². The van der Waals surface area contributed by atoms with Gasteiger partial charge < -0.3 is 15.8 Å². The fourth-order valence-electron chi connectivity index (χ4n) is 3.30. The number of hydrogen-bond donors (Lipinski definition) is 2. The van der Waals surface area contributed by atoms with Gasteiger partial charge in [0.2, 0.25) is 5.91 Å². The van der Waals surface area contributed by atoms with Crippen LogP contribution in [0.5, 0.6) is 0 Å². The minimum atomic E-state index is -0.307. The van der Waals surface area contributed by atoms with Gasteiger partial charge in [-0.25, -0.2) is 0 Å². The number of nitrogens with two attached hydrogens (primary N) is 1. The minimum Gasteiger partial charge on any atom is -0.374 e. The fourth-order valence-corrected chi connectivity index (χ4v) is 3.30. The molecule has 19 heavy (non-hydrogen) atoms. The van der Waals surface area contributed by atoms with Crippen LogP contribution in [-0.2, 0) is 9.53 Å². The largest absolute Gasteiger partial charge is 0.374 e. The van der Waals surface area contributed by atoms with Crippen LogP contribution in [0.4, 0.5) is 0 Å². The fraction of sp³-hybridized carbons (Fsp3) is 0.929. The Balaban J connectivity index is 1.77. The SMILES string of the molecule is CCN1CCOC(CNC(=O)C2(CN)CC(C)C2)C1. The van der Waals surface area contributed by atoms with Gasteiger partial charge in [0.25, 0.3) is 0 Å². The maximum Gasteiger partial charge on any atom is 0.227 e. The first-order valence-electron chi connectivity index (χ1n) is 7.42. The van der Waals surface area contributed by atoms with Crippen molar-refractivity contribution in [2.45, 2.75) is 32.8 Å². The number of likely N-dealkylation sites (N-methyl/N-ethyl adjacent to an activating group) is 1. The topological polar surface area (TPSA) is 67.6 Å². The third-order valence-corrected chi connectivity index (χ3v) is 4.51. The monoisotopic (exact) mass is 269 g/mol. The van der Waals surface area contributed by atoms with Crippen LogP contribution in [0, 0.1) is 11.3 Å². The molecule has 0 aromatic rings. The number of nitrogens with zero attached hydrogens (tertiary/aromatic N) is 1. The molecule has 1 aliphatic heterocycles. The Morgan fingerprint density at radius 1 is 1.53 bits per heavy atom. The number of rotatable bonds is 5. The molecule has 0 spiro atoms. The Morgan fingerprint density at radius 2 is 2.26 bits per heavy atom. The van der Waals surface area contributed by atoms with Crippen molar-refractivity contribution < 1.29 is 9.53 Å². The van der Waals surface area contributed by atoms with Crippen LogP contribution >= 0.6 is 0 Å². The Bertz CT molecular complexity index is 316. The van der Waals surface area contributed by atoms with Gasteiger partial charge in [0.15, 0.2) is 0 Å². The summed E-state index contributed by atoms with van der Waals surface area (Å²) in [5.74, 6) is 0.737. The summed E-state index contributed by atoms with van der Waals surface area (Å²) in [5.41, 5.74) is 5.48. The highest BCUT2D eigenvalue weighted by molar-refractivity contribution is 5.84. The lowest BCUT2D eigenvalue weighted by atomic mass is 9.62. The van der Waals surface area contributed by atoms with Crippen LogP contribution in [0.2, 0.25) is 0 Å². The van der Waals surface area contributed by atoms with Crippen molar-refractivity contribution >= 4 is 5.91 Å². The number of carbonyl (C=O) groups is 1. The van der Waals surface area contributed by atoms with Crippen molar-refractivity contribution in [2.75, 3.05) is 39.3 Å². The summed E-state index contributed by atoms with van der Waals surface area (Å²) in [6.45, 7) is 9.07. The zero-order valence-electron chi connectivity index (χ0n) is 12.2. The molecule has 2 aliphatic rings. The molecule has 1 heterocycles. The summed E-state index contributed by atoms with van der Waals surface area (Å²) in [4.78, 5) is 14.6. The summed E-state index contributed by atoms with van der Waals surface area (Å²) in [5, 5.41) is 3.04. The van der Waals surface area contributed by atoms with E-state index >= 15 is 0 Å².